The molecule has 1 aromatic carbocycles. The number of carbonyl (C=O) groups is 1. The van der Waals surface area contributed by atoms with E-state index in [2.05, 4.69) is 0 Å². The number of aromatic carboxylic acids is 1. The lowest BCUT2D eigenvalue weighted by Gasteiger charge is -2.02. The Hall–Kier alpha value is -1.22. The van der Waals surface area contributed by atoms with Gasteiger partial charge in [0.05, 0.1) is 5.56 Å². The van der Waals surface area contributed by atoms with Crippen molar-refractivity contribution in [2.45, 2.75) is 0 Å². The monoisotopic (exact) mass is 173 g/mol. The number of benzene rings is 1. The summed E-state index contributed by atoms with van der Waals surface area (Å²) in [5, 5.41) is 18.8. The van der Waals surface area contributed by atoms with Gasteiger partial charge in [-0.15, -0.1) is 18.2 Å². The predicted molar refractivity (Wildman–Crippen MR) is 40.1 cm³/mol. The van der Waals surface area contributed by atoms with Gasteiger partial charge in [0.2, 0.25) is 0 Å². The number of hydrogen-bond donors (Lipinski definition) is 1. The van der Waals surface area contributed by atoms with Crippen molar-refractivity contribution in [2.24, 2.45) is 0 Å². The Labute approximate surface area is 69.7 Å². The molecule has 60 valence electrons. The third kappa shape index (κ3) is 2.47. The van der Waals surface area contributed by atoms with Crippen molar-refractivity contribution >= 4 is 18.4 Å². The molecule has 0 saturated heterocycles. The molecule has 0 saturated carbocycles. The third-order valence-electron chi connectivity index (χ3n) is 1.10. The van der Waals surface area contributed by atoms with Gasteiger partial charge in [0.1, 0.15) is 0 Å². The molecule has 1 rings (SSSR count). The smallest absolute Gasteiger partial charge is 0.335 e. The fraction of sp³-hybridized carbons (Fsp3) is 0. The molecule has 0 heterocycles. The summed E-state index contributed by atoms with van der Waals surface area (Å²) in [6, 6.07) is 5.02. The molecular formula is C7H6ClO3-. The lowest BCUT2D eigenvalue weighted by atomic mass is 10.2. The van der Waals surface area contributed by atoms with Crippen molar-refractivity contribution in [2.75, 3.05) is 0 Å². The number of halogens is 1. The maximum absolute atomic E-state index is 10.5. The molecule has 0 fully saturated rings. The van der Waals surface area contributed by atoms with Crippen LogP contribution in [0.5, 0.6) is 5.75 Å². The zero-order valence-electron chi connectivity index (χ0n) is 5.48. The molecule has 0 aliphatic heterocycles. The second-order valence-electron chi connectivity index (χ2n) is 1.83. The minimum Gasteiger partial charge on any atom is -0.872 e. The van der Waals surface area contributed by atoms with Gasteiger partial charge in [-0.2, -0.15) is 0 Å². The second kappa shape index (κ2) is 3.83. The number of hydrogen-bond acceptors (Lipinski definition) is 2. The van der Waals surface area contributed by atoms with Gasteiger partial charge in [0.15, 0.2) is 0 Å². The van der Waals surface area contributed by atoms with Crippen molar-refractivity contribution in [3.8, 4) is 5.75 Å². The average Bonchev–Trinajstić information content (AvgIpc) is 1.88. The summed E-state index contributed by atoms with van der Waals surface area (Å²) in [7, 11) is 0. The zero-order chi connectivity index (χ0) is 7.56. The topological polar surface area (TPSA) is 60.4 Å². The standard InChI is InChI=1S/C7H6O3.ClH/c8-6-3-1-5(2-4-6)7(9)10;/h1-4,8H,(H,9,10);1H/p-1. The molecular weight excluding hydrogens is 168 g/mol. The molecule has 3 nitrogen and oxygen atoms in total. The van der Waals surface area contributed by atoms with Crippen LogP contribution in [0.15, 0.2) is 24.3 Å². The molecule has 0 aliphatic rings. The Balaban J connectivity index is 0.000001000. The summed E-state index contributed by atoms with van der Waals surface area (Å²) < 4.78 is 0. The van der Waals surface area contributed by atoms with Crippen LogP contribution in [0.3, 0.4) is 0 Å². The van der Waals surface area contributed by atoms with Gasteiger partial charge in [-0.25, -0.2) is 4.79 Å². The quantitative estimate of drug-likeness (QED) is 0.686. The van der Waals surface area contributed by atoms with E-state index in [4.69, 9.17) is 5.11 Å². The van der Waals surface area contributed by atoms with Gasteiger partial charge in [-0.3, -0.25) is 0 Å². The minimum absolute atomic E-state index is 0. The largest absolute Gasteiger partial charge is 0.872 e. The van der Waals surface area contributed by atoms with E-state index in [1.807, 2.05) is 0 Å². The van der Waals surface area contributed by atoms with Crippen molar-refractivity contribution in [1.82, 2.24) is 0 Å². The third-order valence-corrected chi connectivity index (χ3v) is 1.10. The molecule has 1 N–H and O–H groups in total. The first-order valence-corrected chi connectivity index (χ1v) is 2.70. The van der Waals surface area contributed by atoms with Crippen LogP contribution in [0.1, 0.15) is 10.4 Å². The number of rotatable bonds is 1. The molecule has 0 bridgehead atoms. The number of carboxylic acids is 1. The summed E-state index contributed by atoms with van der Waals surface area (Å²) in [5.74, 6) is -1.19. The van der Waals surface area contributed by atoms with Crippen LogP contribution < -0.4 is 5.11 Å². The van der Waals surface area contributed by atoms with E-state index in [9.17, 15) is 9.90 Å². The molecule has 0 spiro atoms. The predicted octanol–water partition coefficient (Wildman–Crippen LogP) is 0.880. The van der Waals surface area contributed by atoms with E-state index in [1.54, 1.807) is 0 Å². The highest BCUT2D eigenvalue weighted by Gasteiger charge is 1.97. The maximum atomic E-state index is 10.5. The molecule has 0 atom stereocenters. The number of carboxylic acid groups (broad SMARTS) is 1. The molecule has 0 unspecified atom stereocenters. The Morgan fingerprint density at radius 2 is 1.73 bits per heavy atom. The Morgan fingerprint density at radius 3 is 2.09 bits per heavy atom. The normalized spacial score (nSPS) is 8.36. The van der Waals surface area contributed by atoms with E-state index in [1.165, 1.54) is 24.3 Å². The Bertz CT molecular complexity index is 242. The highest BCUT2D eigenvalue weighted by molar-refractivity contribution is 5.87. The van der Waals surface area contributed by atoms with Crippen molar-refractivity contribution in [3.63, 3.8) is 0 Å². The highest BCUT2D eigenvalue weighted by Crippen LogP contribution is 2.05. The van der Waals surface area contributed by atoms with Crippen LogP contribution in [-0.2, 0) is 0 Å². The van der Waals surface area contributed by atoms with Gasteiger partial charge in [0, 0.05) is 0 Å². The van der Waals surface area contributed by atoms with Crippen LogP contribution in [0.4, 0.5) is 0 Å². The summed E-state index contributed by atoms with van der Waals surface area (Å²) >= 11 is 0. The fourth-order valence-electron chi connectivity index (χ4n) is 0.598. The summed E-state index contributed by atoms with van der Waals surface area (Å²) in [5.41, 5.74) is 0.139. The molecule has 11 heavy (non-hydrogen) atoms. The molecule has 0 amide bonds. The summed E-state index contributed by atoms with van der Waals surface area (Å²) in [6.45, 7) is 0. The van der Waals surface area contributed by atoms with Crippen molar-refractivity contribution in [3.05, 3.63) is 29.8 Å². The van der Waals surface area contributed by atoms with Gasteiger partial charge in [-0.1, -0.05) is 12.1 Å². The molecule has 0 radical (unpaired) electrons. The van der Waals surface area contributed by atoms with E-state index in [0.29, 0.717) is 0 Å². The minimum atomic E-state index is -1.01. The van der Waals surface area contributed by atoms with E-state index >= 15 is 0 Å². The first kappa shape index (κ1) is 9.78. The van der Waals surface area contributed by atoms with Crippen LogP contribution in [0.2, 0.25) is 0 Å². The van der Waals surface area contributed by atoms with Gasteiger partial charge >= 0.3 is 5.97 Å². The first-order chi connectivity index (χ1) is 4.70. The van der Waals surface area contributed by atoms with E-state index in [0.717, 1.165) is 0 Å². The Kier molecular flexibility index (Phi) is 3.40. The van der Waals surface area contributed by atoms with E-state index in [-0.39, 0.29) is 23.7 Å². The molecule has 0 aliphatic carbocycles. The molecule has 0 aromatic heterocycles. The van der Waals surface area contributed by atoms with E-state index < -0.39 is 5.97 Å². The van der Waals surface area contributed by atoms with Crippen LogP contribution in [-0.4, -0.2) is 11.1 Å². The Morgan fingerprint density at radius 1 is 1.27 bits per heavy atom. The first-order valence-electron chi connectivity index (χ1n) is 2.70. The second-order valence-corrected chi connectivity index (χ2v) is 1.83. The van der Waals surface area contributed by atoms with Crippen LogP contribution in [0, 0.1) is 0 Å². The average molecular weight is 174 g/mol. The van der Waals surface area contributed by atoms with Gasteiger partial charge < -0.3 is 10.2 Å². The fourth-order valence-corrected chi connectivity index (χ4v) is 0.598. The molecule has 1 aromatic rings. The lowest BCUT2D eigenvalue weighted by molar-refractivity contribution is -0.268. The van der Waals surface area contributed by atoms with Crippen LogP contribution >= 0.6 is 12.4 Å². The lowest BCUT2D eigenvalue weighted by Crippen LogP contribution is -1.96. The van der Waals surface area contributed by atoms with Crippen molar-refractivity contribution in [1.29, 1.82) is 0 Å². The van der Waals surface area contributed by atoms with Gasteiger partial charge in [0.25, 0.3) is 0 Å². The SMILES string of the molecule is Cl.O=C(O)c1ccc([O-])cc1. The van der Waals surface area contributed by atoms with Crippen LogP contribution in [0.25, 0.3) is 0 Å². The summed E-state index contributed by atoms with van der Waals surface area (Å²) in [4.78, 5) is 10.2. The maximum Gasteiger partial charge on any atom is 0.335 e. The molecule has 4 heteroatoms. The van der Waals surface area contributed by atoms with Crippen molar-refractivity contribution < 1.29 is 15.0 Å². The zero-order valence-corrected chi connectivity index (χ0v) is 6.30. The van der Waals surface area contributed by atoms with Gasteiger partial charge in [-0.05, 0) is 12.1 Å². The summed E-state index contributed by atoms with van der Waals surface area (Å²) in [6.07, 6.45) is 0. The highest BCUT2D eigenvalue weighted by atomic mass is 35.5.